The van der Waals surface area contributed by atoms with Gasteiger partial charge in [-0.05, 0) is 42.3 Å². The van der Waals surface area contributed by atoms with Crippen molar-refractivity contribution in [1.82, 2.24) is 0 Å². The lowest BCUT2D eigenvalue weighted by molar-refractivity contribution is -0.254. The Morgan fingerprint density at radius 2 is 1.68 bits per heavy atom. The van der Waals surface area contributed by atoms with Gasteiger partial charge in [0.1, 0.15) is 0 Å². The molecule has 3 nitrogen and oxygen atoms in total. The van der Waals surface area contributed by atoms with Crippen molar-refractivity contribution >= 4 is 11.6 Å². The Morgan fingerprint density at radius 3 is 2.08 bits per heavy atom. The van der Waals surface area contributed by atoms with Gasteiger partial charge in [-0.15, -0.1) is 0 Å². The van der Waals surface area contributed by atoms with Crippen molar-refractivity contribution in [3.8, 4) is 6.07 Å². The summed E-state index contributed by atoms with van der Waals surface area (Å²) in [5.41, 5.74) is -8.36. The molecule has 0 aliphatic rings. The number of halogens is 7. The summed E-state index contributed by atoms with van der Waals surface area (Å²) < 4.78 is 85.0. The van der Waals surface area contributed by atoms with E-state index >= 15 is 0 Å². The molecule has 2 rings (SSSR count). The van der Waals surface area contributed by atoms with E-state index in [0.29, 0.717) is 18.2 Å². The summed E-state index contributed by atoms with van der Waals surface area (Å²) in [7, 11) is 0. The highest BCUT2D eigenvalue weighted by atomic mass is 35.5. The van der Waals surface area contributed by atoms with Crippen LogP contribution in [0.1, 0.15) is 28.0 Å². The fourth-order valence-corrected chi connectivity index (χ4v) is 2.64. The zero-order chi connectivity index (χ0) is 19.2. The van der Waals surface area contributed by atoms with Crippen molar-refractivity contribution in [2.45, 2.75) is 24.9 Å². The first-order chi connectivity index (χ1) is 11.3. The smallest absolute Gasteiger partial charge is 0.428 e. The molecule has 10 heteroatoms. The zero-order valence-corrected chi connectivity index (χ0v) is 13.0. The molecule has 0 spiro atoms. The molecule has 0 aliphatic carbocycles. The first kappa shape index (κ1) is 19.1. The third-order valence-electron chi connectivity index (χ3n) is 3.60. The summed E-state index contributed by atoms with van der Waals surface area (Å²) in [5, 5.41) is 18.6. The van der Waals surface area contributed by atoms with E-state index in [2.05, 4.69) is 4.42 Å². The largest absolute Gasteiger partial charge is 0.446 e. The molecule has 1 unspecified atom stereocenters. The first-order valence-corrected chi connectivity index (χ1v) is 6.88. The van der Waals surface area contributed by atoms with Crippen LogP contribution in [-0.4, -0.2) is 11.3 Å². The molecule has 1 aromatic heterocycles. The van der Waals surface area contributed by atoms with Gasteiger partial charge in [-0.1, -0.05) is 6.07 Å². The predicted molar refractivity (Wildman–Crippen MR) is 73.7 cm³/mol. The molecule has 0 saturated heterocycles. The molecule has 0 aliphatic heterocycles. The lowest BCUT2D eigenvalue weighted by atomic mass is 9.84. The van der Waals surface area contributed by atoms with Crippen molar-refractivity contribution < 1.29 is 35.9 Å². The Kier molecular flexibility index (Phi) is 4.57. The predicted octanol–water partition coefficient (Wildman–Crippen LogP) is 4.93. The van der Waals surface area contributed by atoms with Crippen LogP contribution in [0.25, 0.3) is 0 Å². The quantitative estimate of drug-likeness (QED) is 0.748. The van der Waals surface area contributed by atoms with E-state index in [-0.39, 0.29) is 0 Å². The van der Waals surface area contributed by atoms with Crippen LogP contribution in [0, 0.1) is 18.3 Å². The Labute approximate surface area is 142 Å². The van der Waals surface area contributed by atoms with Crippen molar-refractivity contribution in [1.29, 1.82) is 5.26 Å². The summed E-state index contributed by atoms with van der Waals surface area (Å²) in [5.74, 6) is -1.09. The minimum absolute atomic E-state index is 0.486. The monoisotopic (exact) mass is 383 g/mol. The van der Waals surface area contributed by atoms with Gasteiger partial charge < -0.3 is 9.52 Å². The maximum absolute atomic E-state index is 13.6. The third-order valence-corrected chi connectivity index (χ3v) is 3.80. The third kappa shape index (κ3) is 3.07. The van der Waals surface area contributed by atoms with Crippen molar-refractivity contribution in [3.05, 3.63) is 57.5 Å². The normalized spacial score (nSPS) is 14.9. The number of benzene rings is 1. The van der Waals surface area contributed by atoms with Gasteiger partial charge >= 0.3 is 12.4 Å². The number of hydrogen-bond donors (Lipinski definition) is 1. The van der Waals surface area contributed by atoms with E-state index in [4.69, 9.17) is 16.9 Å². The Balaban J connectivity index is 2.88. The highest BCUT2D eigenvalue weighted by Crippen LogP contribution is 2.48. The highest BCUT2D eigenvalue weighted by molar-refractivity contribution is 6.28. The van der Waals surface area contributed by atoms with E-state index in [9.17, 15) is 31.4 Å². The average Bonchev–Trinajstić information content (AvgIpc) is 2.90. The molecular weight excluding hydrogens is 376 g/mol. The van der Waals surface area contributed by atoms with Crippen molar-refractivity contribution in [3.63, 3.8) is 0 Å². The number of aliphatic hydroxyl groups is 1. The molecule has 1 N–H and O–H groups in total. The molecule has 1 atom stereocenters. The van der Waals surface area contributed by atoms with Crippen LogP contribution >= 0.6 is 11.6 Å². The Morgan fingerprint density at radius 1 is 1.08 bits per heavy atom. The summed E-state index contributed by atoms with van der Waals surface area (Å²) in [6.45, 7) is 0.736. The van der Waals surface area contributed by atoms with E-state index < -0.39 is 51.2 Å². The number of nitriles is 1. The summed E-state index contributed by atoms with van der Waals surface area (Å²) in [6.07, 6.45) is -10.5. The first-order valence-electron chi connectivity index (χ1n) is 6.50. The number of rotatable bonds is 2. The van der Waals surface area contributed by atoms with Gasteiger partial charge in [0.2, 0.25) is 5.60 Å². The molecule has 0 amide bonds. The van der Waals surface area contributed by atoms with Crippen LogP contribution in [-0.2, 0) is 11.8 Å². The number of nitrogens with zero attached hydrogens (tertiary/aromatic N) is 1. The molecule has 0 saturated carbocycles. The van der Waals surface area contributed by atoms with E-state index in [0.717, 1.165) is 13.0 Å². The van der Waals surface area contributed by atoms with Gasteiger partial charge in [0.25, 0.3) is 0 Å². The molecule has 1 aromatic carbocycles. The van der Waals surface area contributed by atoms with Gasteiger partial charge in [0.15, 0.2) is 11.0 Å². The molecule has 0 fully saturated rings. The lowest BCUT2D eigenvalue weighted by Crippen LogP contribution is -2.44. The van der Waals surface area contributed by atoms with Crippen molar-refractivity contribution in [2.75, 3.05) is 0 Å². The standard InChI is InChI=1S/C15H8ClF6NO2/c1-7-9(3-2-8(6-23)12(7)14(17,18)19)13(24,15(20,21)22)10-4-5-11(16)25-10/h2-5,24H,1H3. The molecule has 25 heavy (non-hydrogen) atoms. The van der Waals surface area contributed by atoms with E-state index in [1.807, 2.05) is 0 Å². The van der Waals surface area contributed by atoms with Gasteiger partial charge in [-0.3, -0.25) is 0 Å². The fraction of sp³-hybridized carbons (Fsp3) is 0.267. The molecule has 0 radical (unpaired) electrons. The van der Waals surface area contributed by atoms with Gasteiger partial charge in [-0.25, -0.2) is 0 Å². The molecule has 0 bridgehead atoms. The van der Waals surface area contributed by atoms with Gasteiger partial charge in [-0.2, -0.15) is 31.6 Å². The van der Waals surface area contributed by atoms with Crippen LogP contribution in [0.15, 0.2) is 28.7 Å². The van der Waals surface area contributed by atoms with Crippen LogP contribution in [0.4, 0.5) is 26.3 Å². The maximum Gasteiger partial charge on any atom is 0.428 e. The van der Waals surface area contributed by atoms with Crippen LogP contribution in [0.3, 0.4) is 0 Å². The van der Waals surface area contributed by atoms with E-state index in [1.165, 1.54) is 6.07 Å². The lowest BCUT2D eigenvalue weighted by Gasteiger charge is -2.31. The highest BCUT2D eigenvalue weighted by Gasteiger charge is 2.60. The minimum atomic E-state index is -5.42. The van der Waals surface area contributed by atoms with Crippen LogP contribution < -0.4 is 0 Å². The molecule has 1 heterocycles. The SMILES string of the molecule is Cc1c(C(O)(c2ccc(Cl)o2)C(F)(F)F)ccc(C#N)c1C(F)(F)F. The second-order valence-electron chi connectivity index (χ2n) is 5.08. The average molecular weight is 384 g/mol. The topological polar surface area (TPSA) is 57.2 Å². The minimum Gasteiger partial charge on any atom is -0.446 e. The van der Waals surface area contributed by atoms with Crippen LogP contribution in [0.2, 0.25) is 5.22 Å². The number of furan rings is 1. The number of hydrogen-bond acceptors (Lipinski definition) is 3. The zero-order valence-electron chi connectivity index (χ0n) is 12.3. The second kappa shape index (κ2) is 5.97. The Hall–Kier alpha value is -2.18. The van der Waals surface area contributed by atoms with Crippen molar-refractivity contribution in [2.24, 2.45) is 0 Å². The fourth-order valence-electron chi connectivity index (χ4n) is 2.50. The van der Waals surface area contributed by atoms with E-state index in [1.54, 1.807) is 0 Å². The number of alkyl halides is 6. The van der Waals surface area contributed by atoms with Gasteiger partial charge in [0, 0.05) is 5.56 Å². The summed E-state index contributed by atoms with van der Waals surface area (Å²) >= 11 is 5.43. The van der Waals surface area contributed by atoms with Gasteiger partial charge in [0.05, 0.1) is 17.2 Å². The summed E-state index contributed by atoms with van der Waals surface area (Å²) in [4.78, 5) is 0. The second-order valence-corrected chi connectivity index (χ2v) is 5.45. The maximum atomic E-state index is 13.6. The Bertz CT molecular complexity index is 849. The molecule has 2 aromatic rings. The van der Waals surface area contributed by atoms with Crippen LogP contribution in [0.5, 0.6) is 0 Å². The molecular formula is C15H8ClF6NO2. The summed E-state index contributed by atoms with van der Waals surface area (Å²) in [6, 6.07) is 4.07. The molecule has 134 valence electrons.